The first-order valence-corrected chi connectivity index (χ1v) is 10.8. The molecule has 7 heteroatoms. The molecule has 26 heavy (non-hydrogen) atoms. The zero-order valence-corrected chi connectivity index (χ0v) is 16.3. The van der Waals surface area contributed by atoms with Crippen molar-refractivity contribution in [1.29, 1.82) is 0 Å². The average molecular weight is 381 g/mol. The van der Waals surface area contributed by atoms with Gasteiger partial charge in [0.25, 0.3) is 5.91 Å². The second-order valence-electron chi connectivity index (χ2n) is 7.33. The van der Waals surface area contributed by atoms with Gasteiger partial charge in [-0.1, -0.05) is 25.8 Å². The number of nitrogens with one attached hydrogen (secondary N) is 1. The van der Waals surface area contributed by atoms with Crippen molar-refractivity contribution in [3.8, 4) is 0 Å². The molecule has 2 atom stereocenters. The molecule has 0 spiro atoms. The average Bonchev–Trinajstić information content (AvgIpc) is 2.64. The van der Waals surface area contributed by atoms with Crippen LogP contribution in [0.2, 0.25) is 0 Å². The molecule has 1 saturated heterocycles. The van der Waals surface area contributed by atoms with Gasteiger partial charge in [0.15, 0.2) is 0 Å². The second-order valence-corrected chi connectivity index (χ2v) is 9.27. The summed E-state index contributed by atoms with van der Waals surface area (Å²) in [6.07, 6.45) is 4.44. The standard InChI is InChI=1S/C19H28N2O4S/c1-14-7-8-16(26(23,24)21-9-11-25-12-10-21)13-17(14)19(22)20-18-6-4-3-5-15(18)2/h7-8,13,15,18H,3-6,9-12H2,1-2H3,(H,20,22)/t15-,18-/m1/s1. The van der Waals surface area contributed by atoms with Gasteiger partial charge < -0.3 is 10.1 Å². The largest absolute Gasteiger partial charge is 0.379 e. The Morgan fingerprint density at radius 2 is 1.88 bits per heavy atom. The van der Waals surface area contributed by atoms with Crippen LogP contribution in [0.25, 0.3) is 0 Å². The van der Waals surface area contributed by atoms with Gasteiger partial charge in [-0.05, 0) is 43.4 Å². The molecule has 0 unspecified atom stereocenters. The van der Waals surface area contributed by atoms with Gasteiger partial charge in [-0.2, -0.15) is 4.31 Å². The summed E-state index contributed by atoms with van der Waals surface area (Å²) in [6.45, 7) is 5.49. The van der Waals surface area contributed by atoms with Crippen molar-refractivity contribution < 1.29 is 17.9 Å². The highest BCUT2D eigenvalue weighted by molar-refractivity contribution is 7.89. The van der Waals surface area contributed by atoms with Gasteiger partial charge in [-0.25, -0.2) is 8.42 Å². The van der Waals surface area contributed by atoms with E-state index >= 15 is 0 Å². The number of ether oxygens (including phenoxy) is 1. The maximum Gasteiger partial charge on any atom is 0.251 e. The van der Waals surface area contributed by atoms with Crippen molar-refractivity contribution in [2.24, 2.45) is 5.92 Å². The van der Waals surface area contributed by atoms with Crippen LogP contribution >= 0.6 is 0 Å². The number of benzene rings is 1. The first-order valence-electron chi connectivity index (χ1n) is 9.39. The summed E-state index contributed by atoms with van der Waals surface area (Å²) in [5, 5.41) is 3.12. The molecule has 144 valence electrons. The fourth-order valence-electron chi connectivity index (χ4n) is 3.72. The lowest BCUT2D eigenvalue weighted by Gasteiger charge is -2.30. The molecule has 1 N–H and O–H groups in total. The van der Waals surface area contributed by atoms with Crippen LogP contribution in [0.3, 0.4) is 0 Å². The summed E-state index contributed by atoms with van der Waals surface area (Å²) in [4.78, 5) is 13.0. The topological polar surface area (TPSA) is 75.7 Å². The minimum Gasteiger partial charge on any atom is -0.379 e. The van der Waals surface area contributed by atoms with E-state index in [-0.39, 0.29) is 16.8 Å². The van der Waals surface area contributed by atoms with Crippen molar-refractivity contribution in [1.82, 2.24) is 9.62 Å². The normalized spacial score (nSPS) is 25.0. The van der Waals surface area contributed by atoms with Crippen LogP contribution in [-0.2, 0) is 14.8 Å². The quantitative estimate of drug-likeness (QED) is 0.870. The van der Waals surface area contributed by atoms with E-state index in [4.69, 9.17) is 4.74 Å². The lowest BCUT2D eigenvalue weighted by Crippen LogP contribution is -2.42. The summed E-state index contributed by atoms with van der Waals surface area (Å²) >= 11 is 0. The molecule has 1 heterocycles. The number of carbonyl (C=O) groups is 1. The molecule has 1 amide bonds. The van der Waals surface area contributed by atoms with Gasteiger partial charge in [-0.3, -0.25) is 4.79 Å². The van der Waals surface area contributed by atoms with E-state index in [0.717, 1.165) is 24.8 Å². The fourth-order valence-corrected chi connectivity index (χ4v) is 5.15. The van der Waals surface area contributed by atoms with E-state index in [2.05, 4.69) is 12.2 Å². The molecule has 0 radical (unpaired) electrons. The van der Waals surface area contributed by atoms with E-state index in [1.807, 2.05) is 6.92 Å². The number of hydrogen-bond acceptors (Lipinski definition) is 4. The Morgan fingerprint density at radius 1 is 1.19 bits per heavy atom. The zero-order valence-electron chi connectivity index (χ0n) is 15.5. The van der Waals surface area contributed by atoms with E-state index < -0.39 is 10.0 Å². The van der Waals surface area contributed by atoms with E-state index in [0.29, 0.717) is 37.8 Å². The summed E-state index contributed by atoms with van der Waals surface area (Å²) < 4.78 is 32.4. The monoisotopic (exact) mass is 380 g/mol. The fraction of sp³-hybridized carbons (Fsp3) is 0.632. The van der Waals surface area contributed by atoms with Gasteiger partial charge in [0.05, 0.1) is 18.1 Å². The van der Waals surface area contributed by atoms with Crippen LogP contribution in [0.4, 0.5) is 0 Å². The highest BCUT2D eigenvalue weighted by Gasteiger charge is 2.28. The first kappa shape index (κ1) is 19.3. The van der Waals surface area contributed by atoms with Gasteiger partial charge >= 0.3 is 0 Å². The lowest BCUT2D eigenvalue weighted by molar-refractivity contribution is 0.0730. The van der Waals surface area contributed by atoms with E-state index in [1.165, 1.54) is 16.8 Å². The maximum atomic E-state index is 12.9. The van der Waals surface area contributed by atoms with Crippen LogP contribution < -0.4 is 5.32 Å². The number of sulfonamides is 1. The third kappa shape index (κ3) is 4.10. The molecule has 2 fully saturated rings. The zero-order chi connectivity index (χ0) is 18.7. The van der Waals surface area contributed by atoms with Crippen molar-refractivity contribution in [3.63, 3.8) is 0 Å². The first-order chi connectivity index (χ1) is 12.4. The molecule has 2 aliphatic rings. The molecular weight excluding hydrogens is 352 g/mol. The van der Waals surface area contributed by atoms with Crippen molar-refractivity contribution in [3.05, 3.63) is 29.3 Å². The summed E-state index contributed by atoms with van der Waals surface area (Å²) in [7, 11) is -3.61. The SMILES string of the molecule is Cc1ccc(S(=O)(=O)N2CCOCC2)cc1C(=O)N[C@@H]1CCCC[C@H]1C. The highest BCUT2D eigenvalue weighted by Crippen LogP contribution is 2.25. The number of morpholine rings is 1. The minimum absolute atomic E-state index is 0.162. The maximum absolute atomic E-state index is 12.9. The Balaban J connectivity index is 1.81. The number of rotatable bonds is 4. The van der Waals surface area contributed by atoms with Crippen LogP contribution in [0.5, 0.6) is 0 Å². The minimum atomic E-state index is -3.61. The van der Waals surface area contributed by atoms with Crippen LogP contribution in [0.15, 0.2) is 23.1 Å². The Morgan fingerprint density at radius 3 is 2.58 bits per heavy atom. The molecule has 6 nitrogen and oxygen atoms in total. The molecule has 1 aliphatic heterocycles. The summed E-state index contributed by atoms with van der Waals surface area (Å²) in [5.74, 6) is 0.272. The highest BCUT2D eigenvalue weighted by atomic mass is 32.2. The van der Waals surface area contributed by atoms with Gasteiger partial charge in [0, 0.05) is 24.7 Å². The number of carbonyl (C=O) groups excluding carboxylic acids is 1. The van der Waals surface area contributed by atoms with Crippen molar-refractivity contribution in [2.45, 2.75) is 50.5 Å². The molecule has 0 bridgehead atoms. The molecule has 1 aromatic rings. The molecule has 3 rings (SSSR count). The van der Waals surface area contributed by atoms with Crippen LogP contribution in [0, 0.1) is 12.8 Å². The van der Waals surface area contributed by atoms with Gasteiger partial charge in [0.1, 0.15) is 0 Å². The molecule has 1 aromatic carbocycles. The van der Waals surface area contributed by atoms with Gasteiger partial charge in [0.2, 0.25) is 10.0 Å². The number of aryl methyl sites for hydroxylation is 1. The van der Waals surface area contributed by atoms with E-state index in [1.54, 1.807) is 12.1 Å². The number of nitrogens with zero attached hydrogens (tertiary/aromatic N) is 1. The molecular formula is C19H28N2O4S. The Kier molecular flexibility index (Phi) is 5.99. The number of hydrogen-bond donors (Lipinski definition) is 1. The van der Waals surface area contributed by atoms with Crippen LogP contribution in [-0.4, -0.2) is 51.0 Å². The van der Waals surface area contributed by atoms with Crippen molar-refractivity contribution >= 4 is 15.9 Å². The Labute approximate surface area is 156 Å². The Hall–Kier alpha value is -1.44. The Bertz CT molecular complexity index is 757. The summed E-state index contributed by atoms with van der Waals surface area (Å²) in [5.41, 5.74) is 1.23. The second kappa shape index (κ2) is 8.06. The van der Waals surface area contributed by atoms with Crippen molar-refractivity contribution in [2.75, 3.05) is 26.3 Å². The van der Waals surface area contributed by atoms with Gasteiger partial charge in [-0.15, -0.1) is 0 Å². The third-order valence-electron chi connectivity index (χ3n) is 5.49. The van der Waals surface area contributed by atoms with E-state index in [9.17, 15) is 13.2 Å². The smallest absolute Gasteiger partial charge is 0.251 e. The lowest BCUT2D eigenvalue weighted by atomic mass is 9.86. The third-order valence-corrected chi connectivity index (χ3v) is 7.38. The molecule has 0 aromatic heterocycles. The summed E-state index contributed by atoms with van der Waals surface area (Å²) in [6, 6.07) is 4.98. The molecule has 1 aliphatic carbocycles. The predicted molar refractivity (Wildman–Crippen MR) is 99.6 cm³/mol. The predicted octanol–water partition coefficient (Wildman–Crippen LogP) is 2.32. The molecule has 1 saturated carbocycles. The number of amides is 1. The van der Waals surface area contributed by atoms with Crippen LogP contribution in [0.1, 0.15) is 48.5 Å².